The molecule has 1 aromatic carbocycles. The summed E-state index contributed by atoms with van der Waals surface area (Å²) in [5.74, 6) is -1.20. The predicted octanol–water partition coefficient (Wildman–Crippen LogP) is 2.34. The number of hydrogen-bond acceptors (Lipinski definition) is 5. The minimum Gasteiger partial charge on any atom is -0.292 e. The summed E-state index contributed by atoms with van der Waals surface area (Å²) < 4.78 is 1.75. The van der Waals surface area contributed by atoms with Gasteiger partial charge in [0, 0.05) is 18.3 Å². The largest absolute Gasteiger partial charge is 0.292 e. The highest BCUT2D eigenvalue weighted by atomic mass is 16.1. The number of nitrogens with zero attached hydrogens (tertiary/aromatic N) is 5. The van der Waals surface area contributed by atoms with E-state index in [1.807, 2.05) is 13.0 Å². The van der Waals surface area contributed by atoms with E-state index in [1.165, 1.54) is 0 Å². The topological polar surface area (TPSA) is 84.5 Å². The summed E-state index contributed by atoms with van der Waals surface area (Å²) in [7, 11) is 0. The quantitative estimate of drug-likeness (QED) is 0.689. The summed E-state index contributed by atoms with van der Waals surface area (Å²) in [4.78, 5) is 16.7. The Morgan fingerprint density at radius 1 is 1.36 bits per heavy atom. The van der Waals surface area contributed by atoms with Crippen molar-refractivity contribution in [3.05, 3.63) is 53.9 Å². The van der Waals surface area contributed by atoms with E-state index in [2.05, 4.69) is 15.3 Å². The third-order valence-corrected chi connectivity index (χ3v) is 3.47. The van der Waals surface area contributed by atoms with E-state index in [9.17, 15) is 10.1 Å². The van der Waals surface area contributed by atoms with Crippen LogP contribution < -0.4 is 0 Å². The molecule has 0 aliphatic carbocycles. The molecule has 2 heterocycles. The first kappa shape index (κ1) is 13.9. The average Bonchev–Trinajstić information content (AvgIpc) is 2.98. The molecule has 6 heteroatoms. The second kappa shape index (κ2) is 5.74. The van der Waals surface area contributed by atoms with Crippen molar-refractivity contribution in [2.45, 2.75) is 19.4 Å². The van der Waals surface area contributed by atoms with Crippen molar-refractivity contribution in [3.8, 4) is 6.07 Å². The molecule has 3 rings (SSSR count). The molecule has 0 fully saturated rings. The monoisotopic (exact) mass is 291 g/mol. The molecule has 1 unspecified atom stereocenters. The third-order valence-electron chi connectivity index (χ3n) is 3.47. The zero-order valence-electron chi connectivity index (χ0n) is 12.0. The van der Waals surface area contributed by atoms with Gasteiger partial charge in [-0.3, -0.25) is 9.78 Å². The summed E-state index contributed by atoms with van der Waals surface area (Å²) in [5, 5.41) is 17.4. The zero-order chi connectivity index (χ0) is 15.5. The molecule has 3 aromatic rings. The van der Waals surface area contributed by atoms with Crippen LogP contribution >= 0.6 is 0 Å². The van der Waals surface area contributed by atoms with E-state index < -0.39 is 5.92 Å². The van der Waals surface area contributed by atoms with Crippen LogP contribution in [0.3, 0.4) is 0 Å². The Morgan fingerprint density at radius 2 is 2.23 bits per heavy atom. The van der Waals surface area contributed by atoms with Crippen LogP contribution in [0.15, 0.2) is 42.6 Å². The van der Waals surface area contributed by atoms with Gasteiger partial charge in [-0.25, -0.2) is 4.68 Å². The zero-order valence-corrected chi connectivity index (χ0v) is 12.0. The number of rotatable bonds is 4. The van der Waals surface area contributed by atoms with Gasteiger partial charge in [0.1, 0.15) is 5.52 Å². The fraction of sp³-hybridized carbons (Fsp3) is 0.188. The Hall–Kier alpha value is -3.07. The van der Waals surface area contributed by atoms with Crippen molar-refractivity contribution >= 4 is 16.8 Å². The maximum Gasteiger partial charge on any atom is 0.186 e. The summed E-state index contributed by atoms with van der Waals surface area (Å²) in [6, 6.07) is 12.4. The van der Waals surface area contributed by atoms with E-state index in [0.717, 1.165) is 5.52 Å². The molecular formula is C16H13N5O. The summed E-state index contributed by atoms with van der Waals surface area (Å²) in [6.45, 7) is 2.68. The maximum atomic E-state index is 12.6. The van der Waals surface area contributed by atoms with Crippen molar-refractivity contribution in [2.75, 3.05) is 0 Å². The lowest BCUT2D eigenvalue weighted by Gasteiger charge is -2.07. The molecule has 2 aromatic heterocycles. The molecule has 0 aliphatic rings. The highest BCUT2D eigenvalue weighted by Gasteiger charge is 2.23. The van der Waals surface area contributed by atoms with E-state index in [4.69, 9.17) is 0 Å². The minimum atomic E-state index is -0.917. The van der Waals surface area contributed by atoms with Gasteiger partial charge < -0.3 is 0 Å². The first-order chi connectivity index (χ1) is 10.7. The lowest BCUT2D eigenvalue weighted by atomic mass is 9.95. The second-order valence-corrected chi connectivity index (χ2v) is 4.79. The van der Waals surface area contributed by atoms with Crippen LogP contribution in [0.25, 0.3) is 11.0 Å². The van der Waals surface area contributed by atoms with Gasteiger partial charge in [-0.15, -0.1) is 5.10 Å². The molecule has 0 bridgehead atoms. The number of nitriles is 1. The summed E-state index contributed by atoms with van der Waals surface area (Å²) in [6.07, 6.45) is 1.57. The Kier molecular flexibility index (Phi) is 3.62. The van der Waals surface area contributed by atoms with Crippen LogP contribution in [-0.2, 0) is 6.54 Å². The fourth-order valence-electron chi connectivity index (χ4n) is 2.33. The number of fused-ring (bicyclic) bond motifs is 1. The molecule has 1 atom stereocenters. The van der Waals surface area contributed by atoms with E-state index in [1.54, 1.807) is 47.3 Å². The molecular weight excluding hydrogens is 278 g/mol. The van der Waals surface area contributed by atoms with E-state index >= 15 is 0 Å². The average molecular weight is 291 g/mol. The van der Waals surface area contributed by atoms with Crippen molar-refractivity contribution in [3.63, 3.8) is 0 Å². The van der Waals surface area contributed by atoms with Crippen molar-refractivity contribution in [1.82, 2.24) is 20.0 Å². The number of benzene rings is 1. The fourth-order valence-corrected chi connectivity index (χ4v) is 2.33. The lowest BCUT2D eigenvalue weighted by Crippen LogP contribution is -2.12. The Labute approximate surface area is 127 Å². The Bertz CT molecular complexity index is 863. The van der Waals surface area contributed by atoms with Crippen molar-refractivity contribution in [2.24, 2.45) is 0 Å². The van der Waals surface area contributed by atoms with Crippen LogP contribution in [0, 0.1) is 11.3 Å². The molecule has 0 N–H and O–H groups in total. The normalized spacial score (nSPS) is 12.0. The van der Waals surface area contributed by atoms with Gasteiger partial charge in [-0.1, -0.05) is 11.3 Å². The smallest absolute Gasteiger partial charge is 0.186 e. The Morgan fingerprint density at radius 3 is 2.91 bits per heavy atom. The first-order valence-electron chi connectivity index (χ1n) is 6.92. The second-order valence-electron chi connectivity index (χ2n) is 4.79. The van der Waals surface area contributed by atoms with Gasteiger partial charge in [0.15, 0.2) is 11.7 Å². The molecule has 0 saturated carbocycles. The van der Waals surface area contributed by atoms with Crippen LogP contribution in [0.2, 0.25) is 0 Å². The van der Waals surface area contributed by atoms with Gasteiger partial charge in [-0.05, 0) is 37.3 Å². The van der Waals surface area contributed by atoms with E-state index in [-0.39, 0.29) is 5.78 Å². The predicted molar refractivity (Wildman–Crippen MR) is 80.1 cm³/mol. The van der Waals surface area contributed by atoms with Gasteiger partial charge in [-0.2, -0.15) is 5.26 Å². The number of carbonyl (C=O) groups excluding carboxylic acids is 1. The SMILES string of the molecule is CCn1nnc2cc(C(=O)C(C#N)c3ccccn3)ccc21. The van der Waals surface area contributed by atoms with Crippen LogP contribution in [0.1, 0.15) is 28.9 Å². The number of aryl methyl sites for hydroxylation is 1. The number of ketones is 1. The standard InChI is InChI=1S/C16H13N5O/c1-2-21-15-7-6-11(9-14(15)19-20-21)16(22)12(10-17)13-5-3-4-8-18-13/h3-9,12H,2H2,1H3. The minimum absolute atomic E-state index is 0.283. The highest BCUT2D eigenvalue weighted by Crippen LogP contribution is 2.21. The third kappa shape index (κ3) is 2.33. The molecule has 0 amide bonds. The van der Waals surface area contributed by atoms with Gasteiger partial charge in [0.2, 0.25) is 0 Å². The molecule has 0 aliphatic heterocycles. The van der Waals surface area contributed by atoms with Crippen LogP contribution in [0.5, 0.6) is 0 Å². The molecule has 0 radical (unpaired) electrons. The first-order valence-corrected chi connectivity index (χ1v) is 6.92. The molecule has 108 valence electrons. The number of Topliss-reactive ketones (excluding diaryl/α,β-unsaturated/α-hetero) is 1. The Balaban J connectivity index is 1.99. The summed E-state index contributed by atoms with van der Waals surface area (Å²) in [5.41, 5.74) is 2.40. The molecule has 6 nitrogen and oxygen atoms in total. The van der Waals surface area contributed by atoms with E-state index in [0.29, 0.717) is 23.3 Å². The van der Waals surface area contributed by atoms with Crippen LogP contribution in [-0.4, -0.2) is 25.8 Å². The number of pyridine rings is 1. The van der Waals surface area contributed by atoms with Crippen LogP contribution in [0.4, 0.5) is 0 Å². The molecule has 22 heavy (non-hydrogen) atoms. The van der Waals surface area contributed by atoms with Crippen molar-refractivity contribution < 1.29 is 4.79 Å². The molecule has 0 saturated heterocycles. The molecule has 0 spiro atoms. The highest BCUT2D eigenvalue weighted by molar-refractivity contribution is 6.04. The van der Waals surface area contributed by atoms with Gasteiger partial charge in [0.05, 0.1) is 17.3 Å². The lowest BCUT2D eigenvalue weighted by molar-refractivity contribution is 0.0977. The number of hydrogen-bond donors (Lipinski definition) is 0. The van der Waals surface area contributed by atoms with Gasteiger partial charge >= 0.3 is 0 Å². The number of aromatic nitrogens is 4. The summed E-state index contributed by atoms with van der Waals surface area (Å²) >= 11 is 0. The maximum absolute atomic E-state index is 12.6. The van der Waals surface area contributed by atoms with Crippen molar-refractivity contribution in [1.29, 1.82) is 5.26 Å². The van der Waals surface area contributed by atoms with Gasteiger partial charge in [0.25, 0.3) is 0 Å². The number of carbonyl (C=O) groups is 1.